The molecule has 0 aliphatic carbocycles. The average Bonchev–Trinajstić information content (AvgIpc) is 2.62. The number of nitrogens with one attached hydrogen (secondary N) is 1. The van der Waals surface area contributed by atoms with Crippen molar-refractivity contribution >= 4 is 17.3 Å². The van der Waals surface area contributed by atoms with Crippen molar-refractivity contribution in [3.63, 3.8) is 0 Å². The Morgan fingerprint density at radius 3 is 2.57 bits per heavy atom. The van der Waals surface area contributed by atoms with E-state index in [-0.39, 0.29) is 5.91 Å². The smallest absolute Gasteiger partial charge is 0.258 e. The Hall–Kier alpha value is -2.33. The maximum atomic E-state index is 12.7. The van der Waals surface area contributed by atoms with Crippen molar-refractivity contribution in [1.82, 2.24) is 0 Å². The molecule has 2 aromatic carbocycles. The Balaban J connectivity index is 1.72. The van der Waals surface area contributed by atoms with Crippen LogP contribution in [0, 0.1) is 0 Å². The Labute approximate surface area is 137 Å². The molecule has 0 spiro atoms. The first kappa shape index (κ1) is 15.6. The number of carbonyl (C=O) groups is 1. The summed E-state index contributed by atoms with van der Waals surface area (Å²) in [6, 6.07) is 17.8. The number of nitrogens with zero attached hydrogens (tertiary/aromatic N) is 1. The molecule has 1 heterocycles. The monoisotopic (exact) mass is 310 g/mol. The summed E-state index contributed by atoms with van der Waals surface area (Å²) in [5.41, 5.74) is 2.57. The quantitative estimate of drug-likeness (QED) is 0.939. The number of amides is 1. The van der Waals surface area contributed by atoms with Gasteiger partial charge in [0.05, 0.1) is 0 Å². The van der Waals surface area contributed by atoms with Crippen LogP contribution in [0.5, 0.6) is 0 Å². The zero-order valence-corrected chi connectivity index (χ0v) is 13.4. The number of carbonyl (C=O) groups excluding carboxylic acids is 1. The van der Waals surface area contributed by atoms with Crippen LogP contribution in [0.15, 0.2) is 54.6 Å². The third-order valence-electron chi connectivity index (χ3n) is 4.15. The van der Waals surface area contributed by atoms with E-state index in [1.54, 1.807) is 11.9 Å². The van der Waals surface area contributed by atoms with E-state index in [0.717, 1.165) is 37.4 Å². The lowest BCUT2D eigenvalue weighted by molar-refractivity contribution is 0.0904. The van der Waals surface area contributed by atoms with Gasteiger partial charge in [-0.05, 0) is 43.2 Å². The van der Waals surface area contributed by atoms with Crippen molar-refractivity contribution < 1.29 is 9.53 Å². The molecular weight excluding hydrogens is 288 g/mol. The molecule has 1 N–H and O–H groups in total. The van der Waals surface area contributed by atoms with E-state index in [1.165, 1.54) is 0 Å². The first-order valence-electron chi connectivity index (χ1n) is 8.01. The molecule has 0 saturated carbocycles. The molecule has 120 valence electrons. The van der Waals surface area contributed by atoms with Gasteiger partial charge in [0, 0.05) is 43.2 Å². The largest absolute Gasteiger partial charge is 0.382 e. The number of rotatable bonds is 4. The van der Waals surface area contributed by atoms with E-state index >= 15 is 0 Å². The van der Waals surface area contributed by atoms with Crippen LogP contribution in [0.1, 0.15) is 23.2 Å². The van der Waals surface area contributed by atoms with Gasteiger partial charge < -0.3 is 15.0 Å². The van der Waals surface area contributed by atoms with Crippen molar-refractivity contribution in [2.75, 3.05) is 30.5 Å². The molecule has 0 atom stereocenters. The maximum Gasteiger partial charge on any atom is 0.258 e. The van der Waals surface area contributed by atoms with Crippen LogP contribution in [0.4, 0.5) is 11.4 Å². The van der Waals surface area contributed by atoms with Gasteiger partial charge in [0.15, 0.2) is 0 Å². The number of ether oxygens (including phenoxy) is 1. The molecule has 1 aliphatic heterocycles. The number of hydrogen-bond acceptors (Lipinski definition) is 3. The van der Waals surface area contributed by atoms with Crippen LogP contribution in [0.25, 0.3) is 0 Å². The Kier molecular flexibility index (Phi) is 4.93. The minimum atomic E-state index is -0.00757. The predicted octanol–water partition coefficient (Wildman–Crippen LogP) is 3.55. The molecule has 2 aromatic rings. The van der Waals surface area contributed by atoms with E-state index in [4.69, 9.17) is 4.74 Å². The van der Waals surface area contributed by atoms with Crippen molar-refractivity contribution in [1.29, 1.82) is 0 Å². The van der Waals surface area contributed by atoms with Gasteiger partial charge >= 0.3 is 0 Å². The molecular formula is C19H22N2O2. The van der Waals surface area contributed by atoms with Crippen molar-refractivity contribution in [3.05, 3.63) is 60.2 Å². The minimum absolute atomic E-state index is 0.00757. The number of anilines is 2. The van der Waals surface area contributed by atoms with Gasteiger partial charge in [-0.1, -0.05) is 24.3 Å². The fourth-order valence-electron chi connectivity index (χ4n) is 2.78. The molecule has 0 bridgehead atoms. The second kappa shape index (κ2) is 7.29. The summed E-state index contributed by atoms with van der Waals surface area (Å²) in [5.74, 6) is -0.00757. The lowest BCUT2D eigenvalue weighted by atomic mass is 10.1. The summed E-state index contributed by atoms with van der Waals surface area (Å²) < 4.78 is 5.38. The van der Waals surface area contributed by atoms with E-state index in [1.807, 2.05) is 54.6 Å². The molecule has 23 heavy (non-hydrogen) atoms. The topological polar surface area (TPSA) is 41.6 Å². The highest BCUT2D eigenvalue weighted by Gasteiger charge is 2.16. The predicted molar refractivity (Wildman–Crippen MR) is 93.1 cm³/mol. The minimum Gasteiger partial charge on any atom is -0.382 e. The van der Waals surface area contributed by atoms with Gasteiger partial charge in [-0.3, -0.25) is 4.79 Å². The van der Waals surface area contributed by atoms with Gasteiger partial charge in [-0.15, -0.1) is 0 Å². The molecule has 4 heteroatoms. The fraction of sp³-hybridized carbons (Fsp3) is 0.316. The van der Waals surface area contributed by atoms with Crippen molar-refractivity contribution in [2.24, 2.45) is 0 Å². The van der Waals surface area contributed by atoms with E-state index in [9.17, 15) is 4.79 Å². The molecule has 0 unspecified atom stereocenters. The zero-order valence-electron chi connectivity index (χ0n) is 13.4. The lowest BCUT2D eigenvalue weighted by Gasteiger charge is -2.24. The van der Waals surface area contributed by atoms with Crippen LogP contribution in [-0.2, 0) is 4.74 Å². The molecule has 1 saturated heterocycles. The van der Waals surface area contributed by atoms with Crippen LogP contribution in [0.3, 0.4) is 0 Å². The summed E-state index contributed by atoms with van der Waals surface area (Å²) >= 11 is 0. The highest BCUT2D eigenvalue weighted by Crippen LogP contribution is 2.19. The average molecular weight is 310 g/mol. The van der Waals surface area contributed by atoms with Crippen LogP contribution >= 0.6 is 0 Å². The van der Waals surface area contributed by atoms with E-state index in [0.29, 0.717) is 11.6 Å². The normalized spacial score (nSPS) is 15.2. The Bertz CT molecular complexity index is 651. The highest BCUT2D eigenvalue weighted by atomic mass is 16.5. The molecule has 4 nitrogen and oxygen atoms in total. The summed E-state index contributed by atoms with van der Waals surface area (Å²) in [6.45, 7) is 1.60. The molecule has 1 aliphatic rings. The van der Waals surface area contributed by atoms with Gasteiger partial charge in [-0.25, -0.2) is 0 Å². The van der Waals surface area contributed by atoms with Gasteiger partial charge in [0.1, 0.15) is 0 Å². The van der Waals surface area contributed by atoms with E-state index < -0.39 is 0 Å². The zero-order chi connectivity index (χ0) is 16.1. The molecule has 0 aromatic heterocycles. The number of benzene rings is 2. The van der Waals surface area contributed by atoms with Crippen molar-refractivity contribution in [3.8, 4) is 0 Å². The fourth-order valence-corrected chi connectivity index (χ4v) is 2.78. The molecule has 1 amide bonds. The second-order valence-electron chi connectivity index (χ2n) is 5.81. The van der Waals surface area contributed by atoms with Gasteiger partial charge in [0.25, 0.3) is 5.91 Å². The summed E-state index contributed by atoms with van der Waals surface area (Å²) in [4.78, 5) is 14.3. The van der Waals surface area contributed by atoms with Crippen LogP contribution < -0.4 is 10.2 Å². The first-order chi connectivity index (χ1) is 11.2. The third-order valence-corrected chi connectivity index (χ3v) is 4.15. The SMILES string of the molecule is CN(C(=O)c1cccc(NC2CCOCC2)c1)c1ccccc1. The van der Waals surface area contributed by atoms with Gasteiger partial charge in [0.2, 0.25) is 0 Å². The summed E-state index contributed by atoms with van der Waals surface area (Å²) in [5, 5.41) is 3.50. The lowest BCUT2D eigenvalue weighted by Crippen LogP contribution is -2.28. The maximum absolute atomic E-state index is 12.7. The Morgan fingerprint density at radius 2 is 1.83 bits per heavy atom. The van der Waals surface area contributed by atoms with Gasteiger partial charge in [-0.2, -0.15) is 0 Å². The second-order valence-corrected chi connectivity index (χ2v) is 5.81. The van der Waals surface area contributed by atoms with Crippen LogP contribution in [0.2, 0.25) is 0 Å². The number of hydrogen-bond donors (Lipinski definition) is 1. The van der Waals surface area contributed by atoms with Crippen molar-refractivity contribution in [2.45, 2.75) is 18.9 Å². The van der Waals surface area contributed by atoms with E-state index in [2.05, 4.69) is 5.32 Å². The van der Waals surface area contributed by atoms with Crippen LogP contribution in [-0.4, -0.2) is 32.2 Å². The Morgan fingerprint density at radius 1 is 1.09 bits per heavy atom. The number of para-hydroxylation sites is 1. The standard InChI is InChI=1S/C19H22N2O2/c1-21(18-8-3-2-4-9-18)19(22)15-6-5-7-17(14-15)20-16-10-12-23-13-11-16/h2-9,14,16,20H,10-13H2,1H3. The molecule has 1 fully saturated rings. The molecule has 0 radical (unpaired) electrons. The third kappa shape index (κ3) is 3.90. The first-order valence-corrected chi connectivity index (χ1v) is 8.01. The highest BCUT2D eigenvalue weighted by molar-refractivity contribution is 6.06. The summed E-state index contributed by atoms with van der Waals surface area (Å²) in [7, 11) is 1.80. The summed E-state index contributed by atoms with van der Waals surface area (Å²) in [6.07, 6.45) is 2.00. The molecule has 3 rings (SSSR count).